The molecule has 0 spiro atoms. The number of hydrogen-bond acceptors (Lipinski definition) is 3. The van der Waals surface area contributed by atoms with E-state index in [4.69, 9.17) is 21.4 Å². The maximum absolute atomic E-state index is 11.7. The summed E-state index contributed by atoms with van der Waals surface area (Å²) in [5.41, 5.74) is 0.453. The molecule has 0 unspecified atom stereocenters. The van der Waals surface area contributed by atoms with Crippen LogP contribution in [0.5, 0.6) is 5.75 Å². The molecule has 1 aromatic rings. The highest BCUT2D eigenvalue weighted by atomic mass is 35.5. The van der Waals surface area contributed by atoms with Crippen molar-refractivity contribution in [3.63, 3.8) is 0 Å². The van der Waals surface area contributed by atoms with E-state index in [9.17, 15) is 9.59 Å². The van der Waals surface area contributed by atoms with Crippen LogP contribution >= 0.6 is 11.6 Å². The number of amides is 2. The molecular weight excluding hydrogens is 284 g/mol. The van der Waals surface area contributed by atoms with Crippen molar-refractivity contribution < 1.29 is 19.4 Å². The lowest BCUT2D eigenvalue weighted by molar-refractivity contribution is -0.139. The van der Waals surface area contributed by atoms with Gasteiger partial charge in [0.15, 0.2) is 0 Å². The molecule has 7 heteroatoms. The topological polar surface area (TPSA) is 87.7 Å². The summed E-state index contributed by atoms with van der Waals surface area (Å²) in [6, 6.07) is 3.24. The number of ether oxygens (including phenoxy) is 1. The third-order valence-corrected chi connectivity index (χ3v) is 2.89. The maximum atomic E-state index is 11.7. The van der Waals surface area contributed by atoms with Crippen LogP contribution in [0.15, 0.2) is 18.2 Å². The van der Waals surface area contributed by atoms with Crippen LogP contribution in [0.1, 0.15) is 19.8 Å². The summed E-state index contributed by atoms with van der Waals surface area (Å²) in [6.07, 6.45) is 1.03. The standard InChI is InChI=1S/C13H17ClN2O4/c1-3-4-10(12(17)18)16-13(19)15-8-5-6-11(20-2)9(14)7-8/h5-7,10H,3-4H2,1-2H3,(H,17,18)(H2,15,16,19)/t10-/m1/s1. The van der Waals surface area contributed by atoms with Gasteiger partial charge in [-0.1, -0.05) is 24.9 Å². The Morgan fingerprint density at radius 2 is 2.15 bits per heavy atom. The molecule has 0 aliphatic carbocycles. The highest BCUT2D eigenvalue weighted by Crippen LogP contribution is 2.27. The summed E-state index contributed by atoms with van der Waals surface area (Å²) in [7, 11) is 1.49. The van der Waals surface area contributed by atoms with Gasteiger partial charge >= 0.3 is 12.0 Å². The molecule has 0 saturated carbocycles. The van der Waals surface area contributed by atoms with Crippen LogP contribution in [0.25, 0.3) is 0 Å². The lowest BCUT2D eigenvalue weighted by Gasteiger charge is -2.14. The Kier molecular flexibility index (Phi) is 6.11. The first-order valence-electron chi connectivity index (χ1n) is 6.11. The summed E-state index contributed by atoms with van der Waals surface area (Å²) >= 11 is 5.93. The van der Waals surface area contributed by atoms with E-state index in [0.29, 0.717) is 29.3 Å². The van der Waals surface area contributed by atoms with Gasteiger partial charge < -0.3 is 20.5 Å². The number of halogens is 1. The second-order valence-corrected chi connectivity index (χ2v) is 4.53. The largest absolute Gasteiger partial charge is 0.495 e. The van der Waals surface area contributed by atoms with Crippen molar-refractivity contribution in [2.75, 3.05) is 12.4 Å². The summed E-state index contributed by atoms with van der Waals surface area (Å²) in [4.78, 5) is 22.6. The number of carbonyl (C=O) groups excluding carboxylic acids is 1. The number of benzene rings is 1. The minimum atomic E-state index is -1.06. The van der Waals surface area contributed by atoms with Crippen molar-refractivity contribution in [2.24, 2.45) is 0 Å². The molecule has 0 aromatic heterocycles. The third-order valence-electron chi connectivity index (χ3n) is 2.59. The van der Waals surface area contributed by atoms with Gasteiger partial charge in [0.05, 0.1) is 12.1 Å². The molecular formula is C13H17ClN2O4. The molecule has 1 atom stereocenters. The molecule has 6 nitrogen and oxygen atoms in total. The van der Waals surface area contributed by atoms with Crippen molar-refractivity contribution in [2.45, 2.75) is 25.8 Å². The van der Waals surface area contributed by atoms with Gasteiger partial charge in [0.1, 0.15) is 11.8 Å². The first kappa shape index (κ1) is 16.1. The van der Waals surface area contributed by atoms with E-state index in [0.717, 1.165) is 0 Å². The van der Waals surface area contributed by atoms with Gasteiger partial charge in [-0.3, -0.25) is 0 Å². The number of urea groups is 1. The van der Waals surface area contributed by atoms with E-state index in [2.05, 4.69) is 10.6 Å². The Morgan fingerprint density at radius 1 is 1.45 bits per heavy atom. The maximum Gasteiger partial charge on any atom is 0.326 e. The number of methoxy groups -OCH3 is 1. The van der Waals surface area contributed by atoms with Crippen LogP contribution in [0.4, 0.5) is 10.5 Å². The fourth-order valence-corrected chi connectivity index (χ4v) is 1.87. The fraction of sp³-hybridized carbons (Fsp3) is 0.385. The molecule has 0 saturated heterocycles. The molecule has 0 bridgehead atoms. The molecule has 1 aromatic carbocycles. The van der Waals surface area contributed by atoms with Crippen molar-refractivity contribution in [1.29, 1.82) is 0 Å². The van der Waals surface area contributed by atoms with Gasteiger partial charge in [0.25, 0.3) is 0 Å². The predicted molar refractivity (Wildman–Crippen MR) is 76.5 cm³/mol. The SMILES string of the molecule is CCC[C@@H](NC(=O)Nc1ccc(OC)c(Cl)c1)C(=O)O. The molecule has 0 heterocycles. The first-order chi connectivity index (χ1) is 9.47. The van der Waals surface area contributed by atoms with Crippen LogP contribution in [0.3, 0.4) is 0 Å². The van der Waals surface area contributed by atoms with Crippen LogP contribution < -0.4 is 15.4 Å². The second kappa shape index (κ2) is 7.59. The Labute approximate surface area is 122 Å². The van der Waals surface area contributed by atoms with E-state index < -0.39 is 18.0 Å². The lowest BCUT2D eigenvalue weighted by atomic mass is 10.2. The Bertz CT molecular complexity index is 493. The molecule has 3 N–H and O–H groups in total. The van der Waals surface area contributed by atoms with Crippen LogP contribution in [0, 0.1) is 0 Å². The minimum Gasteiger partial charge on any atom is -0.495 e. The van der Waals surface area contributed by atoms with Crippen molar-refractivity contribution in [1.82, 2.24) is 5.32 Å². The zero-order valence-corrected chi connectivity index (χ0v) is 12.0. The zero-order chi connectivity index (χ0) is 15.1. The monoisotopic (exact) mass is 300 g/mol. The number of nitrogens with one attached hydrogen (secondary N) is 2. The Balaban J connectivity index is 2.66. The highest BCUT2D eigenvalue weighted by molar-refractivity contribution is 6.32. The van der Waals surface area contributed by atoms with E-state index >= 15 is 0 Å². The summed E-state index contributed by atoms with van der Waals surface area (Å²) in [5, 5.41) is 14.2. The molecule has 0 fully saturated rings. The molecule has 110 valence electrons. The number of anilines is 1. The van der Waals surface area contributed by atoms with Gasteiger partial charge in [-0.15, -0.1) is 0 Å². The van der Waals surface area contributed by atoms with Crippen LogP contribution in [0.2, 0.25) is 5.02 Å². The van der Waals surface area contributed by atoms with Gasteiger partial charge in [0.2, 0.25) is 0 Å². The molecule has 20 heavy (non-hydrogen) atoms. The highest BCUT2D eigenvalue weighted by Gasteiger charge is 2.18. The number of rotatable bonds is 6. The normalized spacial score (nSPS) is 11.6. The minimum absolute atomic E-state index is 0.355. The first-order valence-corrected chi connectivity index (χ1v) is 6.49. The summed E-state index contributed by atoms with van der Waals surface area (Å²) < 4.78 is 4.99. The van der Waals surface area contributed by atoms with Gasteiger partial charge in [0, 0.05) is 5.69 Å². The average molecular weight is 301 g/mol. The van der Waals surface area contributed by atoms with Gasteiger partial charge in [-0.2, -0.15) is 0 Å². The number of aliphatic carboxylic acids is 1. The van der Waals surface area contributed by atoms with Crippen LogP contribution in [-0.2, 0) is 4.79 Å². The predicted octanol–water partition coefficient (Wildman–Crippen LogP) is 2.72. The fourth-order valence-electron chi connectivity index (χ4n) is 1.62. The summed E-state index contributed by atoms with van der Waals surface area (Å²) in [5.74, 6) is -0.568. The van der Waals surface area contributed by atoms with Crippen molar-refractivity contribution >= 4 is 29.3 Å². The number of carbonyl (C=O) groups is 2. The zero-order valence-electron chi connectivity index (χ0n) is 11.3. The quantitative estimate of drug-likeness (QED) is 0.754. The Hall–Kier alpha value is -1.95. The Morgan fingerprint density at radius 3 is 2.65 bits per heavy atom. The van der Waals surface area contributed by atoms with E-state index in [1.54, 1.807) is 12.1 Å². The lowest BCUT2D eigenvalue weighted by Crippen LogP contribution is -2.42. The number of carboxylic acids is 1. The number of hydrogen-bond donors (Lipinski definition) is 3. The van der Waals surface area contributed by atoms with E-state index in [1.807, 2.05) is 6.92 Å². The summed E-state index contributed by atoms with van der Waals surface area (Å²) in [6.45, 7) is 1.85. The second-order valence-electron chi connectivity index (χ2n) is 4.13. The average Bonchev–Trinajstić information content (AvgIpc) is 2.38. The van der Waals surface area contributed by atoms with Gasteiger partial charge in [-0.05, 0) is 24.6 Å². The molecule has 0 radical (unpaired) electrons. The smallest absolute Gasteiger partial charge is 0.326 e. The van der Waals surface area contributed by atoms with E-state index in [-0.39, 0.29) is 0 Å². The van der Waals surface area contributed by atoms with Crippen molar-refractivity contribution in [3.8, 4) is 5.75 Å². The van der Waals surface area contributed by atoms with Crippen molar-refractivity contribution in [3.05, 3.63) is 23.2 Å². The molecule has 2 amide bonds. The molecule has 0 aliphatic heterocycles. The molecule has 1 rings (SSSR count). The third kappa shape index (κ3) is 4.62. The van der Waals surface area contributed by atoms with Gasteiger partial charge in [-0.25, -0.2) is 9.59 Å². The van der Waals surface area contributed by atoms with E-state index in [1.165, 1.54) is 13.2 Å². The molecule has 0 aliphatic rings. The number of carboxylic acid groups (broad SMARTS) is 1. The van der Waals surface area contributed by atoms with Crippen LogP contribution in [-0.4, -0.2) is 30.3 Å².